The maximum atomic E-state index is 4.45. The van der Waals surface area contributed by atoms with Crippen LogP contribution in [0.4, 0.5) is 0 Å². The van der Waals surface area contributed by atoms with Crippen LogP contribution in [-0.4, -0.2) is 19.4 Å². The highest BCUT2D eigenvalue weighted by Gasteiger charge is 2.33. The molecule has 0 N–H and O–H groups in total. The van der Waals surface area contributed by atoms with Gasteiger partial charge in [-0.05, 0) is 47.9 Å². The summed E-state index contributed by atoms with van der Waals surface area (Å²) in [5.74, 6) is 1.20. The lowest BCUT2D eigenvalue weighted by molar-refractivity contribution is -0.418. The molecule has 2 heteroatoms. The van der Waals surface area contributed by atoms with Gasteiger partial charge in [0.1, 0.15) is 12.2 Å². The molecule has 0 amide bonds. The van der Waals surface area contributed by atoms with Crippen molar-refractivity contribution in [2.24, 2.45) is 11.8 Å². The summed E-state index contributed by atoms with van der Waals surface area (Å²) in [7, 11) is -1.44. The molecule has 0 saturated carbocycles. The zero-order valence-electron chi connectivity index (χ0n) is 18.4. The second-order valence-electron chi connectivity index (χ2n) is 9.88. The van der Waals surface area contributed by atoms with E-state index >= 15 is 0 Å². The summed E-state index contributed by atoms with van der Waals surface area (Å²) in [6, 6.07) is 5.97. The van der Waals surface area contributed by atoms with Crippen LogP contribution in [0.25, 0.3) is 0 Å². The molecule has 2 aliphatic rings. The molecule has 1 unspecified atom stereocenters. The van der Waals surface area contributed by atoms with E-state index in [-0.39, 0.29) is 0 Å². The number of hydrogen-bond donors (Lipinski definition) is 0. The minimum atomic E-state index is -1.44. The van der Waals surface area contributed by atoms with Crippen molar-refractivity contribution in [1.29, 1.82) is 0 Å². The molecule has 1 aliphatic heterocycles. The zero-order chi connectivity index (χ0) is 19.9. The Bertz CT molecular complexity index is 804. The Morgan fingerprint density at radius 3 is 2.37 bits per heavy atom. The fourth-order valence-electron chi connectivity index (χ4n) is 4.49. The Morgan fingerprint density at radius 1 is 1.07 bits per heavy atom. The predicted molar refractivity (Wildman–Crippen MR) is 121 cm³/mol. The molecular weight excluding hydrogens is 342 g/mol. The van der Waals surface area contributed by atoms with E-state index in [4.69, 9.17) is 0 Å². The van der Waals surface area contributed by atoms with Crippen molar-refractivity contribution in [2.75, 3.05) is 0 Å². The molecule has 1 aliphatic carbocycles. The molecule has 0 radical (unpaired) electrons. The van der Waals surface area contributed by atoms with Crippen molar-refractivity contribution in [3.63, 3.8) is 0 Å². The van der Waals surface area contributed by atoms with E-state index in [1.807, 2.05) is 0 Å². The number of nitrogens with zero attached hydrogens (tertiary/aromatic N) is 1. The third-order valence-corrected chi connectivity index (χ3v) is 8.53. The molecular formula is C25H37NSi. The smallest absolute Gasteiger partial charge is 0.147 e. The summed E-state index contributed by atoms with van der Waals surface area (Å²) in [5.41, 5.74) is 7.50. The van der Waals surface area contributed by atoms with Gasteiger partial charge in [-0.3, -0.25) is 4.58 Å². The topological polar surface area (TPSA) is 3.01 Å². The average molecular weight is 380 g/mol. The van der Waals surface area contributed by atoms with Gasteiger partial charge in [-0.15, -0.1) is 0 Å². The van der Waals surface area contributed by atoms with Crippen LogP contribution in [0.3, 0.4) is 0 Å². The Labute approximate surface area is 167 Å². The Balaban J connectivity index is 2.15. The Kier molecular flexibility index (Phi) is 5.58. The third-order valence-electron chi connectivity index (χ3n) is 6.49. The molecule has 146 valence electrons. The fourth-order valence-corrected chi connectivity index (χ4v) is 6.20. The van der Waals surface area contributed by atoms with Gasteiger partial charge in [0.15, 0.2) is 0 Å². The maximum Gasteiger partial charge on any atom is 0.147 e. The molecule has 1 nitrogen and oxygen atoms in total. The van der Waals surface area contributed by atoms with Gasteiger partial charge in [0.05, 0.1) is 14.8 Å². The van der Waals surface area contributed by atoms with Crippen LogP contribution in [0, 0.1) is 24.8 Å². The molecule has 0 spiro atoms. The summed E-state index contributed by atoms with van der Waals surface area (Å²) in [6.07, 6.45) is 9.91. The van der Waals surface area contributed by atoms with E-state index in [0.29, 0.717) is 11.8 Å². The van der Waals surface area contributed by atoms with E-state index in [2.05, 4.69) is 83.0 Å². The number of allylic oxidation sites excluding steroid dienone is 2. The predicted octanol–water partition coefficient (Wildman–Crippen LogP) is 6.46. The van der Waals surface area contributed by atoms with E-state index in [1.54, 1.807) is 21.9 Å². The molecule has 1 heterocycles. The summed E-state index contributed by atoms with van der Waals surface area (Å²) >= 11 is 0. The number of fused-ring (bicyclic) bond motifs is 1. The first-order valence-electron chi connectivity index (χ1n) is 10.6. The van der Waals surface area contributed by atoms with Crippen molar-refractivity contribution in [2.45, 2.75) is 73.0 Å². The number of benzene rings is 1. The van der Waals surface area contributed by atoms with Crippen LogP contribution >= 0.6 is 0 Å². The SMILES string of the molecule is C=[N+]1C=C([Si](C)(C)C)C(C(C)C(C)C)=C[C-]1c1c(C)ccc2c1CCCC2. The van der Waals surface area contributed by atoms with Gasteiger partial charge < -0.3 is 0 Å². The number of hydrogen-bond acceptors (Lipinski definition) is 0. The number of rotatable bonds is 4. The van der Waals surface area contributed by atoms with Gasteiger partial charge in [0.25, 0.3) is 0 Å². The second-order valence-corrected chi connectivity index (χ2v) is 14.9. The fraction of sp³-hybridized carbons (Fsp3) is 0.520. The first kappa shape index (κ1) is 20.2. The first-order valence-corrected chi connectivity index (χ1v) is 14.1. The van der Waals surface area contributed by atoms with Crippen LogP contribution in [0.1, 0.15) is 55.9 Å². The highest BCUT2D eigenvalue weighted by molar-refractivity contribution is 6.84. The average Bonchev–Trinajstić information content (AvgIpc) is 2.60. The van der Waals surface area contributed by atoms with Crippen molar-refractivity contribution < 1.29 is 4.58 Å². The summed E-state index contributed by atoms with van der Waals surface area (Å²) in [4.78, 5) is 0. The summed E-state index contributed by atoms with van der Waals surface area (Å²) in [6.45, 7) is 21.2. The first-order chi connectivity index (χ1) is 12.6. The highest BCUT2D eigenvalue weighted by atomic mass is 28.3. The molecule has 27 heavy (non-hydrogen) atoms. The minimum absolute atomic E-state index is 0.562. The molecule has 1 aromatic rings. The van der Waals surface area contributed by atoms with E-state index in [0.717, 1.165) is 0 Å². The van der Waals surface area contributed by atoms with Crippen LogP contribution in [0.15, 0.2) is 35.2 Å². The van der Waals surface area contributed by atoms with Crippen molar-refractivity contribution in [3.05, 3.63) is 63.5 Å². The number of aryl methyl sites for hydroxylation is 2. The Hall–Kier alpha value is -1.54. The van der Waals surface area contributed by atoms with E-state index < -0.39 is 8.07 Å². The lowest BCUT2D eigenvalue weighted by Gasteiger charge is -2.36. The van der Waals surface area contributed by atoms with Gasteiger partial charge in [-0.25, -0.2) is 0 Å². The van der Waals surface area contributed by atoms with E-state index in [9.17, 15) is 0 Å². The Morgan fingerprint density at radius 2 is 1.74 bits per heavy atom. The van der Waals surface area contributed by atoms with Gasteiger partial charge in [0, 0.05) is 0 Å². The molecule has 0 bridgehead atoms. The molecule has 1 aromatic carbocycles. The van der Waals surface area contributed by atoms with Crippen LogP contribution in [0.2, 0.25) is 19.6 Å². The maximum absolute atomic E-state index is 4.45. The zero-order valence-corrected chi connectivity index (χ0v) is 19.4. The van der Waals surface area contributed by atoms with Gasteiger partial charge in [0.2, 0.25) is 0 Å². The van der Waals surface area contributed by atoms with Crippen molar-refractivity contribution >= 4 is 14.8 Å². The lowest BCUT2D eigenvalue weighted by atomic mass is 9.81. The minimum Gasteiger partial charge on any atom is -0.255 e. The largest absolute Gasteiger partial charge is 0.255 e. The molecule has 0 saturated heterocycles. The molecule has 1 atom stereocenters. The van der Waals surface area contributed by atoms with Crippen LogP contribution in [-0.2, 0) is 12.8 Å². The van der Waals surface area contributed by atoms with Gasteiger partial charge in [-0.1, -0.05) is 88.2 Å². The summed E-state index contributed by atoms with van der Waals surface area (Å²) < 4.78 is 2.17. The molecule has 3 rings (SSSR count). The normalized spacial score (nSPS) is 19.0. The van der Waals surface area contributed by atoms with Crippen LogP contribution < -0.4 is 0 Å². The molecule has 0 fully saturated rings. The van der Waals surface area contributed by atoms with Gasteiger partial charge in [-0.2, -0.15) is 0 Å². The second kappa shape index (κ2) is 7.47. The molecule has 0 aromatic heterocycles. The summed E-state index contributed by atoms with van der Waals surface area (Å²) in [5, 5.41) is 1.56. The lowest BCUT2D eigenvalue weighted by Crippen LogP contribution is -2.33. The third kappa shape index (κ3) is 3.87. The highest BCUT2D eigenvalue weighted by Crippen LogP contribution is 2.40. The van der Waals surface area contributed by atoms with E-state index in [1.165, 1.54) is 42.9 Å². The van der Waals surface area contributed by atoms with Crippen molar-refractivity contribution in [3.8, 4) is 0 Å². The van der Waals surface area contributed by atoms with Crippen LogP contribution in [0.5, 0.6) is 0 Å². The monoisotopic (exact) mass is 379 g/mol. The van der Waals surface area contributed by atoms with Gasteiger partial charge >= 0.3 is 0 Å². The quantitative estimate of drug-likeness (QED) is 0.321. The van der Waals surface area contributed by atoms with Crippen molar-refractivity contribution in [1.82, 2.24) is 0 Å². The standard InChI is InChI=1S/C25H37NSi/c1-17(2)19(4)22-15-23(26(5)16-24(22)27(6,7)8)25-18(3)13-14-20-11-9-10-12-21(20)25/h13-17,19H,5,9-12H2,1-4,6-8H3.